The first-order valence-corrected chi connectivity index (χ1v) is 9.24. The Balaban J connectivity index is 1.75. The molecule has 3 rings (SSSR count). The number of amides is 2. The highest BCUT2D eigenvalue weighted by Crippen LogP contribution is 2.25. The van der Waals surface area contributed by atoms with Crippen LogP contribution in [0.3, 0.4) is 0 Å². The van der Waals surface area contributed by atoms with E-state index in [1.807, 2.05) is 42.8 Å². The quantitative estimate of drug-likeness (QED) is 0.643. The van der Waals surface area contributed by atoms with Crippen molar-refractivity contribution in [3.8, 4) is 5.69 Å². The number of hydrogen-bond acceptors (Lipinski definition) is 4. The Labute approximate surface area is 163 Å². The van der Waals surface area contributed by atoms with Crippen LogP contribution in [-0.2, 0) is 9.53 Å². The Bertz CT molecular complexity index is 991. The molecule has 0 radical (unpaired) electrons. The number of rotatable bonds is 6. The fourth-order valence-electron chi connectivity index (χ4n) is 3.17. The molecule has 0 saturated heterocycles. The lowest BCUT2D eigenvalue weighted by atomic mass is 10.1. The van der Waals surface area contributed by atoms with Crippen molar-refractivity contribution in [1.82, 2.24) is 20.4 Å². The van der Waals surface area contributed by atoms with Crippen molar-refractivity contribution in [3.63, 3.8) is 0 Å². The molecule has 0 fully saturated rings. The van der Waals surface area contributed by atoms with Crippen LogP contribution in [0, 0.1) is 6.92 Å². The molecule has 2 N–H and O–H groups in total. The summed E-state index contributed by atoms with van der Waals surface area (Å²) in [6.07, 6.45) is 1.76. The van der Waals surface area contributed by atoms with E-state index in [9.17, 15) is 9.59 Å². The summed E-state index contributed by atoms with van der Waals surface area (Å²) in [5, 5.41) is 12.1. The van der Waals surface area contributed by atoms with Gasteiger partial charge in [0.05, 0.1) is 24.5 Å². The van der Waals surface area contributed by atoms with E-state index >= 15 is 0 Å². The maximum atomic E-state index is 12.0. The van der Waals surface area contributed by atoms with Crippen molar-refractivity contribution in [2.24, 2.45) is 0 Å². The van der Waals surface area contributed by atoms with Crippen LogP contribution < -0.4 is 10.6 Å². The van der Waals surface area contributed by atoms with Crippen LogP contribution in [0.25, 0.3) is 16.5 Å². The largest absolute Gasteiger partial charge is 0.465 e. The van der Waals surface area contributed by atoms with E-state index in [4.69, 9.17) is 4.74 Å². The van der Waals surface area contributed by atoms with Crippen molar-refractivity contribution in [2.45, 2.75) is 26.8 Å². The van der Waals surface area contributed by atoms with Crippen LogP contribution in [-0.4, -0.2) is 34.9 Å². The molecule has 3 aromatic rings. The van der Waals surface area contributed by atoms with Crippen LogP contribution >= 0.6 is 0 Å². The summed E-state index contributed by atoms with van der Waals surface area (Å²) in [6.45, 7) is 5.68. The van der Waals surface area contributed by atoms with Crippen molar-refractivity contribution in [1.29, 1.82) is 0 Å². The van der Waals surface area contributed by atoms with E-state index in [0.717, 1.165) is 27.7 Å². The molecule has 7 nitrogen and oxygen atoms in total. The van der Waals surface area contributed by atoms with Gasteiger partial charge in [0.15, 0.2) is 0 Å². The van der Waals surface area contributed by atoms with E-state index in [1.54, 1.807) is 13.1 Å². The normalized spacial score (nSPS) is 11.8. The summed E-state index contributed by atoms with van der Waals surface area (Å²) in [5.74, 6) is -0.467. The average molecular weight is 380 g/mol. The minimum atomic E-state index is -0.467. The van der Waals surface area contributed by atoms with Gasteiger partial charge >= 0.3 is 12.0 Å². The van der Waals surface area contributed by atoms with Gasteiger partial charge in [-0.05, 0) is 32.2 Å². The molecule has 7 heteroatoms. The Hall–Kier alpha value is -3.35. The Morgan fingerprint density at radius 3 is 2.71 bits per heavy atom. The van der Waals surface area contributed by atoms with E-state index in [-0.39, 0.29) is 19.2 Å². The molecule has 0 saturated carbocycles. The molecule has 0 aliphatic rings. The maximum absolute atomic E-state index is 12.0. The number of urea groups is 1. The highest BCUT2D eigenvalue weighted by atomic mass is 16.5. The standard InChI is InChI=1S/C21H24N4O3/c1-4-28-20(26)13-22-21(27)24-14(2)18-12-23-25(15(18)3)19-11-7-9-16-8-5-6-10-17(16)19/h5-12,14H,4,13H2,1-3H3,(H2,22,24,27)/t14-/m0/s1. The molecular formula is C21H24N4O3. The molecule has 1 atom stereocenters. The molecule has 146 valence electrons. The molecule has 2 amide bonds. The van der Waals surface area contributed by atoms with Gasteiger partial charge in [-0.15, -0.1) is 0 Å². The second-order valence-electron chi connectivity index (χ2n) is 6.45. The number of benzene rings is 2. The average Bonchev–Trinajstić information content (AvgIpc) is 3.07. The molecule has 1 aromatic heterocycles. The first-order chi connectivity index (χ1) is 13.5. The number of hydrogen-bond donors (Lipinski definition) is 2. The molecule has 1 heterocycles. The molecule has 28 heavy (non-hydrogen) atoms. The minimum Gasteiger partial charge on any atom is -0.465 e. The number of ether oxygens (including phenoxy) is 1. The van der Waals surface area contributed by atoms with E-state index in [0.29, 0.717) is 0 Å². The highest BCUT2D eigenvalue weighted by Gasteiger charge is 2.17. The van der Waals surface area contributed by atoms with Crippen molar-refractivity contribution in [2.75, 3.05) is 13.2 Å². The van der Waals surface area contributed by atoms with Crippen LogP contribution in [0.2, 0.25) is 0 Å². The zero-order valence-corrected chi connectivity index (χ0v) is 16.2. The molecular weight excluding hydrogens is 356 g/mol. The van der Waals surface area contributed by atoms with E-state index in [2.05, 4.69) is 33.9 Å². The fraction of sp³-hybridized carbons (Fsp3) is 0.286. The van der Waals surface area contributed by atoms with Gasteiger partial charge in [-0.3, -0.25) is 4.79 Å². The van der Waals surface area contributed by atoms with Gasteiger partial charge in [0, 0.05) is 16.6 Å². The Morgan fingerprint density at radius 1 is 1.18 bits per heavy atom. The third-order valence-electron chi connectivity index (χ3n) is 4.56. The van der Waals surface area contributed by atoms with Gasteiger partial charge in [0.1, 0.15) is 6.54 Å². The molecule has 0 bridgehead atoms. The van der Waals surface area contributed by atoms with E-state index < -0.39 is 12.0 Å². The monoisotopic (exact) mass is 380 g/mol. The molecule has 0 unspecified atom stereocenters. The Kier molecular flexibility index (Phi) is 5.93. The maximum Gasteiger partial charge on any atom is 0.325 e. The molecule has 0 aliphatic heterocycles. The van der Waals surface area contributed by atoms with Gasteiger partial charge in [-0.25, -0.2) is 9.48 Å². The van der Waals surface area contributed by atoms with Crippen molar-refractivity contribution >= 4 is 22.8 Å². The lowest BCUT2D eigenvalue weighted by Crippen LogP contribution is -2.40. The minimum absolute atomic E-state index is 0.166. The van der Waals surface area contributed by atoms with Crippen LogP contribution in [0.1, 0.15) is 31.1 Å². The first kappa shape index (κ1) is 19.4. The number of aromatic nitrogens is 2. The number of carbonyl (C=O) groups excluding carboxylic acids is 2. The van der Waals surface area contributed by atoms with Gasteiger partial charge in [-0.1, -0.05) is 36.4 Å². The van der Waals surface area contributed by atoms with Gasteiger partial charge < -0.3 is 15.4 Å². The molecule has 2 aromatic carbocycles. The number of nitrogens with zero attached hydrogens (tertiary/aromatic N) is 2. The van der Waals surface area contributed by atoms with Crippen molar-refractivity contribution < 1.29 is 14.3 Å². The van der Waals surface area contributed by atoms with Crippen LogP contribution in [0.4, 0.5) is 4.79 Å². The summed E-state index contributed by atoms with van der Waals surface area (Å²) >= 11 is 0. The predicted molar refractivity (Wildman–Crippen MR) is 107 cm³/mol. The van der Waals surface area contributed by atoms with E-state index in [1.165, 1.54) is 0 Å². The topological polar surface area (TPSA) is 85.2 Å². The van der Waals surface area contributed by atoms with Gasteiger partial charge in [0.25, 0.3) is 0 Å². The zero-order chi connectivity index (χ0) is 20.1. The smallest absolute Gasteiger partial charge is 0.325 e. The summed E-state index contributed by atoms with van der Waals surface area (Å²) in [6, 6.07) is 13.5. The summed E-state index contributed by atoms with van der Waals surface area (Å²) in [4.78, 5) is 23.4. The first-order valence-electron chi connectivity index (χ1n) is 9.24. The lowest BCUT2D eigenvalue weighted by Gasteiger charge is -2.15. The van der Waals surface area contributed by atoms with Crippen LogP contribution in [0.15, 0.2) is 48.7 Å². The second-order valence-corrected chi connectivity index (χ2v) is 6.45. The number of esters is 1. The summed E-state index contributed by atoms with van der Waals surface area (Å²) in [5.41, 5.74) is 2.83. The lowest BCUT2D eigenvalue weighted by molar-refractivity contribution is -0.141. The summed E-state index contributed by atoms with van der Waals surface area (Å²) < 4.78 is 6.68. The molecule has 0 spiro atoms. The summed E-state index contributed by atoms with van der Waals surface area (Å²) in [7, 11) is 0. The second kappa shape index (κ2) is 8.56. The number of fused-ring (bicyclic) bond motifs is 1. The van der Waals surface area contributed by atoms with Crippen molar-refractivity contribution in [3.05, 3.63) is 59.9 Å². The third-order valence-corrected chi connectivity index (χ3v) is 4.56. The SMILES string of the molecule is CCOC(=O)CNC(=O)N[C@@H](C)c1cnn(-c2cccc3ccccc23)c1C. The third kappa shape index (κ3) is 4.14. The van der Waals surface area contributed by atoms with Gasteiger partial charge in [0.2, 0.25) is 0 Å². The number of carbonyl (C=O) groups is 2. The zero-order valence-electron chi connectivity index (χ0n) is 16.2. The van der Waals surface area contributed by atoms with Crippen LogP contribution in [0.5, 0.6) is 0 Å². The Morgan fingerprint density at radius 2 is 1.93 bits per heavy atom. The highest BCUT2D eigenvalue weighted by molar-refractivity contribution is 5.90. The van der Waals surface area contributed by atoms with Gasteiger partial charge in [-0.2, -0.15) is 5.10 Å². The fourth-order valence-corrected chi connectivity index (χ4v) is 3.17. The molecule has 0 aliphatic carbocycles. The predicted octanol–water partition coefficient (Wildman–Crippen LogP) is 3.26. The number of nitrogens with one attached hydrogen (secondary N) is 2.